The maximum atomic E-state index is 5.54. The Kier molecular flexibility index (Phi) is 4.58. The van der Waals surface area contributed by atoms with E-state index in [1.165, 1.54) is 5.57 Å². The van der Waals surface area contributed by atoms with E-state index in [0.717, 1.165) is 25.9 Å². The van der Waals surface area contributed by atoms with Gasteiger partial charge < -0.3 is 14.2 Å². The Hall–Kier alpha value is -0.380. The van der Waals surface area contributed by atoms with Gasteiger partial charge in [0.15, 0.2) is 0 Å². The fraction of sp³-hybridized carbons (Fsp3) is 0.818. The molecule has 0 fully saturated rings. The summed E-state index contributed by atoms with van der Waals surface area (Å²) in [4.78, 5) is 0. The molecule has 0 aliphatic heterocycles. The van der Waals surface area contributed by atoms with E-state index in [4.69, 9.17) is 14.2 Å². The molecule has 0 radical (unpaired) electrons. The van der Waals surface area contributed by atoms with E-state index in [0.29, 0.717) is 6.61 Å². The molecule has 0 spiro atoms. The highest BCUT2D eigenvalue weighted by molar-refractivity contribution is 5.11. The molecule has 0 aromatic heterocycles. The number of methoxy groups -OCH3 is 3. The molecule has 0 bridgehead atoms. The lowest BCUT2D eigenvalue weighted by molar-refractivity contribution is -0.0705. The molecule has 3 heteroatoms. The van der Waals surface area contributed by atoms with Crippen LogP contribution in [0.2, 0.25) is 0 Å². The maximum Gasteiger partial charge on any atom is 0.0948 e. The van der Waals surface area contributed by atoms with Crippen molar-refractivity contribution in [2.75, 3.05) is 34.5 Å². The van der Waals surface area contributed by atoms with Crippen molar-refractivity contribution in [2.45, 2.75) is 24.9 Å². The molecule has 0 heterocycles. The molecular formula is C11H20O3. The topological polar surface area (TPSA) is 27.7 Å². The van der Waals surface area contributed by atoms with Gasteiger partial charge >= 0.3 is 0 Å². The summed E-state index contributed by atoms with van der Waals surface area (Å²) in [6, 6.07) is 0. The first-order valence-corrected chi connectivity index (χ1v) is 4.97. The molecule has 1 atom stereocenters. The van der Waals surface area contributed by atoms with Crippen molar-refractivity contribution >= 4 is 0 Å². The quantitative estimate of drug-likeness (QED) is 0.633. The second kappa shape index (κ2) is 5.49. The first-order valence-electron chi connectivity index (χ1n) is 4.97. The summed E-state index contributed by atoms with van der Waals surface area (Å²) < 4.78 is 15.8. The summed E-state index contributed by atoms with van der Waals surface area (Å²) in [5.41, 5.74) is 1.27. The number of rotatable bonds is 5. The van der Waals surface area contributed by atoms with Crippen molar-refractivity contribution in [3.63, 3.8) is 0 Å². The van der Waals surface area contributed by atoms with E-state index in [2.05, 4.69) is 6.08 Å². The number of ether oxygens (including phenoxy) is 3. The predicted octanol–water partition coefficient (Wildman–Crippen LogP) is 1.77. The van der Waals surface area contributed by atoms with Crippen LogP contribution >= 0.6 is 0 Å². The largest absolute Gasteiger partial charge is 0.382 e. The van der Waals surface area contributed by atoms with Gasteiger partial charge in [0, 0.05) is 21.3 Å². The molecule has 0 saturated heterocycles. The van der Waals surface area contributed by atoms with Crippen LogP contribution in [0.3, 0.4) is 0 Å². The van der Waals surface area contributed by atoms with Gasteiger partial charge in [-0.2, -0.15) is 0 Å². The van der Waals surface area contributed by atoms with Crippen molar-refractivity contribution in [1.82, 2.24) is 0 Å². The third-order valence-corrected chi connectivity index (χ3v) is 2.83. The minimum Gasteiger partial charge on any atom is -0.382 e. The van der Waals surface area contributed by atoms with Crippen LogP contribution in [-0.4, -0.2) is 40.1 Å². The van der Waals surface area contributed by atoms with E-state index in [1.54, 1.807) is 21.3 Å². The monoisotopic (exact) mass is 200 g/mol. The Balaban J connectivity index is 2.53. The Morgan fingerprint density at radius 3 is 2.50 bits per heavy atom. The first-order chi connectivity index (χ1) is 6.76. The van der Waals surface area contributed by atoms with Gasteiger partial charge in [0.2, 0.25) is 0 Å². The fourth-order valence-corrected chi connectivity index (χ4v) is 1.88. The zero-order valence-corrected chi connectivity index (χ0v) is 9.34. The van der Waals surface area contributed by atoms with Gasteiger partial charge in [-0.3, -0.25) is 0 Å². The molecule has 0 N–H and O–H groups in total. The molecule has 0 amide bonds. The highest BCUT2D eigenvalue weighted by atomic mass is 16.5. The van der Waals surface area contributed by atoms with Crippen LogP contribution in [-0.2, 0) is 14.2 Å². The average Bonchev–Trinajstić information content (AvgIpc) is 2.22. The van der Waals surface area contributed by atoms with Crippen LogP contribution < -0.4 is 0 Å². The van der Waals surface area contributed by atoms with E-state index in [1.807, 2.05) is 0 Å². The normalized spacial score (nSPS) is 27.5. The van der Waals surface area contributed by atoms with Gasteiger partial charge in [-0.15, -0.1) is 0 Å². The Labute approximate surface area is 86.0 Å². The van der Waals surface area contributed by atoms with Gasteiger partial charge in [0.25, 0.3) is 0 Å². The molecule has 1 aliphatic rings. The third-order valence-electron chi connectivity index (χ3n) is 2.83. The fourth-order valence-electron chi connectivity index (χ4n) is 1.88. The number of hydrogen-bond donors (Lipinski definition) is 0. The Morgan fingerprint density at radius 1 is 1.29 bits per heavy atom. The lowest BCUT2D eigenvalue weighted by Crippen LogP contribution is -2.38. The van der Waals surface area contributed by atoms with Crippen LogP contribution in [0.1, 0.15) is 19.3 Å². The highest BCUT2D eigenvalue weighted by Crippen LogP contribution is 2.30. The molecule has 0 aromatic carbocycles. The second-order valence-corrected chi connectivity index (χ2v) is 3.82. The molecular weight excluding hydrogens is 180 g/mol. The molecule has 1 aliphatic carbocycles. The van der Waals surface area contributed by atoms with Crippen molar-refractivity contribution in [2.24, 2.45) is 0 Å². The molecule has 0 saturated carbocycles. The van der Waals surface area contributed by atoms with Crippen LogP contribution in [0.4, 0.5) is 0 Å². The van der Waals surface area contributed by atoms with E-state index < -0.39 is 0 Å². The molecule has 0 aromatic rings. The van der Waals surface area contributed by atoms with Gasteiger partial charge in [0.05, 0.1) is 18.8 Å². The van der Waals surface area contributed by atoms with Crippen molar-refractivity contribution in [1.29, 1.82) is 0 Å². The molecule has 82 valence electrons. The summed E-state index contributed by atoms with van der Waals surface area (Å²) in [5, 5.41) is 0. The summed E-state index contributed by atoms with van der Waals surface area (Å²) in [6.07, 6.45) is 5.21. The SMILES string of the molecule is COCC1=CCC(COC)(OC)CC1. The van der Waals surface area contributed by atoms with E-state index in [9.17, 15) is 0 Å². The Bertz CT molecular complexity index is 201. The molecule has 3 nitrogen and oxygen atoms in total. The molecule has 14 heavy (non-hydrogen) atoms. The minimum atomic E-state index is -0.105. The summed E-state index contributed by atoms with van der Waals surface area (Å²) in [5.74, 6) is 0. The zero-order chi connectivity index (χ0) is 10.4. The van der Waals surface area contributed by atoms with E-state index in [-0.39, 0.29) is 5.60 Å². The second-order valence-electron chi connectivity index (χ2n) is 3.82. The van der Waals surface area contributed by atoms with Crippen LogP contribution in [0.5, 0.6) is 0 Å². The van der Waals surface area contributed by atoms with Gasteiger partial charge in [0.1, 0.15) is 0 Å². The smallest absolute Gasteiger partial charge is 0.0948 e. The lowest BCUT2D eigenvalue weighted by atomic mass is 9.86. The standard InChI is InChI=1S/C11H20O3/c1-12-8-10-4-6-11(14-3,7-5-10)9-13-2/h4H,5-9H2,1-3H3. The summed E-state index contributed by atoms with van der Waals surface area (Å²) in [7, 11) is 5.21. The Morgan fingerprint density at radius 2 is 2.07 bits per heavy atom. The predicted molar refractivity (Wildman–Crippen MR) is 55.4 cm³/mol. The van der Waals surface area contributed by atoms with Gasteiger partial charge in [-0.05, 0) is 24.8 Å². The third kappa shape index (κ3) is 2.80. The van der Waals surface area contributed by atoms with Crippen LogP contribution in [0.25, 0.3) is 0 Å². The van der Waals surface area contributed by atoms with Gasteiger partial charge in [-0.25, -0.2) is 0 Å². The van der Waals surface area contributed by atoms with Gasteiger partial charge in [-0.1, -0.05) is 6.08 Å². The van der Waals surface area contributed by atoms with Crippen molar-refractivity contribution < 1.29 is 14.2 Å². The highest BCUT2D eigenvalue weighted by Gasteiger charge is 2.31. The van der Waals surface area contributed by atoms with Crippen molar-refractivity contribution in [3.05, 3.63) is 11.6 Å². The van der Waals surface area contributed by atoms with E-state index >= 15 is 0 Å². The number of hydrogen-bond acceptors (Lipinski definition) is 3. The average molecular weight is 200 g/mol. The lowest BCUT2D eigenvalue weighted by Gasteiger charge is -2.34. The van der Waals surface area contributed by atoms with Crippen LogP contribution in [0.15, 0.2) is 11.6 Å². The minimum absolute atomic E-state index is 0.105. The van der Waals surface area contributed by atoms with Crippen molar-refractivity contribution in [3.8, 4) is 0 Å². The summed E-state index contributed by atoms with van der Waals surface area (Å²) in [6.45, 7) is 1.41. The molecule has 1 rings (SSSR count). The summed E-state index contributed by atoms with van der Waals surface area (Å²) >= 11 is 0. The maximum absolute atomic E-state index is 5.54. The first kappa shape index (κ1) is 11.7. The zero-order valence-electron chi connectivity index (χ0n) is 9.34. The van der Waals surface area contributed by atoms with Crippen LogP contribution in [0, 0.1) is 0 Å². The molecule has 1 unspecified atom stereocenters.